The van der Waals surface area contributed by atoms with Crippen molar-refractivity contribution in [3.8, 4) is 0 Å². The van der Waals surface area contributed by atoms with Gasteiger partial charge in [-0.25, -0.2) is 9.59 Å². The van der Waals surface area contributed by atoms with Crippen LogP contribution in [-0.4, -0.2) is 93.8 Å². The molecule has 2 saturated heterocycles. The Hall–Kier alpha value is -4.42. The van der Waals surface area contributed by atoms with Crippen LogP contribution in [0.15, 0.2) is 60.7 Å². The average Bonchev–Trinajstić information content (AvgIpc) is 3.48. The molecule has 278 valence electrons. The van der Waals surface area contributed by atoms with Crippen LogP contribution < -0.4 is 0 Å². The molecule has 2 unspecified atom stereocenters. The minimum absolute atomic E-state index is 0.0632. The lowest BCUT2D eigenvalue weighted by molar-refractivity contribution is -0.144. The first-order valence-corrected chi connectivity index (χ1v) is 18.6. The normalized spacial score (nSPS) is 22.8. The fourth-order valence-corrected chi connectivity index (χ4v) is 6.86. The Kier molecular flexibility index (Phi) is 14.1. The first kappa shape index (κ1) is 38.8. The number of imide groups is 2. The summed E-state index contributed by atoms with van der Waals surface area (Å²) in [6.45, 7) is 0.799. The number of ether oxygens (including phenoxy) is 2. The van der Waals surface area contributed by atoms with E-state index < -0.39 is 36.1 Å². The third-order valence-electron chi connectivity index (χ3n) is 9.45. The zero-order chi connectivity index (χ0) is 37.0. The number of hydrogen-bond acceptors (Lipinski definition) is 8. The van der Waals surface area contributed by atoms with Gasteiger partial charge in [-0.2, -0.15) is 0 Å². The van der Waals surface area contributed by atoms with Crippen molar-refractivity contribution >= 4 is 59.0 Å². The lowest BCUT2D eigenvalue weighted by Gasteiger charge is -2.22. The monoisotopic (exact) mass is 754 g/mol. The Morgan fingerprint density at radius 3 is 1.29 bits per heavy atom. The molecule has 4 bridgehead atoms. The second kappa shape index (κ2) is 18.9. The van der Waals surface area contributed by atoms with Gasteiger partial charge in [0, 0.05) is 49.1 Å². The number of esters is 2. The minimum Gasteiger partial charge on any atom is -0.461 e. The van der Waals surface area contributed by atoms with Crippen molar-refractivity contribution in [2.75, 3.05) is 26.3 Å². The Labute approximate surface area is 313 Å². The van der Waals surface area contributed by atoms with Crippen LogP contribution in [0.3, 0.4) is 0 Å². The Bertz CT molecular complexity index is 1510. The maximum atomic E-state index is 13.5. The molecule has 12 nitrogen and oxygen atoms in total. The molecule has 0 N–H and O–H groups in total. The lowest BCUT2D eigenvalue weighted by atomic mass is 10.1. The van der Waals surface area contributed by atoms with Gasteiger partial charge >= 0.3 is 24.0 Å². The van der Waals surface area contributed by atoms with E-state index in [4.69, 9.17) is 32.7 Å². The van der Waals surface area contributed by atoms with Gasteiger partial charge in [-0.1, -0.05) is 73.2 Å². The molecule has 0 aliphatic carbocycles. The summed E-state index contributed by atoms with van der Waals surface area (Å²) < 4.78 is 10.6. The molecule has 0 aromatic heterocycles. The summed E-state index contributed by atoms with van der Waals surface area (Å²) in [6, 6.07) is 11.7. The molecule has 52 heavy (non-hydrogen) atoms. The molecule has 3 heterocycles. The van der Waals surface area contributed by atoms with Crippen molar-refractivity contribution in [2.45, 2.75) is 89.4 Å². The van der Waals surface area contributed by atoms with Gasteiger partial charge in [-0.15, -0.1) is 0 Å². The third kappa shape index (κ3) is 10.3. The number of benzene rings is 2. The van der Waals surface area contributed by atoms with Gasteiger partial charge in [-0.05, 0) is 73.2 Å². The summed E-state index contributed by atoms with van der Waals surface area (Å²) in [5.41, 5.74) is 1.62. The predicted molar refractivity (Wildman–Crippen MR) is 193 cm³/mol. The Balaban J connectivity index is 1.23. The van der Waals surface area contributed by atoms with Gasteiger partial charge in [-0.3, -0.25) is 29.0 Å². The van der Waals surface area contributed by atoms with E-state index in [-0.39, 0.29) is 76.9 Å². The highest BCUT2D eigenvalue weighted by Crippen LogP contribution is 2.27. The number of cyclic esters (lactones) is 2. The van der Waals surface area contributed by atoms with Crippen LogP contribution >= 0.6 is 23.2 Å². The average molecular weight is 756 g/mol. The van der Waals surface area contributed by atoms with Crippen LogP contribution in [0, 0.1) is 0 Å². The molecule has 2 fully saturated rings. The highest BCUT2D eigenvalue weighted by Gasteiger charge is 2.45. The number of carbonyl (C=O) groups is 6. The number of hydrogen-bond donors (Lipinski definition) is 0. The topological polar surface area (TPSA) is 134 Å². The zero-order valence-electron chi connectivity index (χ0n) is 29.1. The minimum atomic E-state index is -0.804. The Morgan fingerprint density at radius 1 is 0.538 bits per heavy atom. The summed E-state index contributed by atoms with van der Waals surface area (Å²) in [6.07, 6.45) is 7.72. The van der Waals surface area contributed by atoms with Crippen molar-refractivity contribution in [2.24, 2.45) is 0 Å². The van der Waals surface area contributed by atoms with Crippen LogP contribution in [0.4, 0.5) is 9.59 Å². The van der Waals surface area contributed by atoms with Gasteiger partial charge < -0.3 is 19.3 Å². The molecular formula is C38H44Cl2N4O8. The highest BCUT2D eigenvalue weighted by atomic mass is 35.5. The molecule has 3 aliphatic heterocycles. The van der Waals surface area contributed by atoms with Crippen molar-refractivity contribution < 1.29 is 38.2 Å². The summed E-state index contributed by atoms with van der Waals surface area (Å²) in [5, 5.41) is 1.12. The molecule has 3 aliphatic rings. The van der Waals surface area contributed by atoms with Crippen LogP contribution in [0.5, 0.6) is 0 Å². The molecule has 5 rings (SSSR count). The number of fused-ring (bicyclic) bond motifs is 4. The van der Waals surface area contributed by atoms with Crippen LogP contribution in [0.25, 0.3) is 0 Å². The molecular weight excluding hydrogens is 711 g/mol. The molecule has 6 amide bonds. The van der Waals surface area contributed by atoms with E-state index >= 15 is 0 Å². The number of nitrogens with zero attached hydrogens (tertiary/aromatic N) is 4. The highest BCUT2D eigenvalue weighted by molar-refractivity contribution is 6.30. The fourth-order valence-electron chi connectivity index (χ4n) is 6.61. The predicted octanol–water partition coefficient (Wildman–Crippen LogP) is 6.52. The maximum Gasteiger partial charge on any atom is 0.327 e. The van der Waals surface area contributed by atoms with Crippen LogP contribution in [0.2, 0.25) is 10.0 Å². The van der Waals surface area contributed by atoms with Gasteiger partial charge in [0.2, 0.25) is 0 Å². The van der Waals surface area contributed by atoms with E-state index in [1.165, 1.54) is 19.6 Å². The molecule has 0 radical (unpaired) electrons. The first-order valence-electron chi connectivity index (χ1n) is 17.8. The number of rotatable bonds is 4. The second-order valence-electron chi connectivity index (χ2n) is 13.1. The number of carbonyl (C=O) groups excluding carboxylic acids is 6. The standard InChI is InChI=1S/C38H44Cl2N4O8/c39-29-13-9-27(10-14-29)25-43-31-17-19-33(45)51-23-7-8-24-52-34(46)20-18-32-36(48)42(38(50)44(32)26-28-11-15-30(40)16-12-28)22-6-4-2-1-3-5-21-41(35(31)47)37(43)49/h7-16,31-32H,1-6,17-26H2/b8-7+. The largest absolute Gasteiger partial charge is 0.461 e. The van der Waals surface area contributed by atoms with Gasteiger partial charge in [0.1, 0.15) is 25.3 Å². The SMILES string of the molecule is O=C1CCC2C(=O)N(CCCCCCCCN3C(=O)C(CCC(=O)OC/C=C/CO1)N(Cc1ccc(Cl)cc1)C3=O)C(=O)N2Cc1ccc(Cl)cc1. The van der Waals surface area contributed by atoms with Crippen LogP contribution in [-0.2, 0) is 41.7 Å². The molecule has 0 saturated carbocycles. The van der Waals surface area contributed by atoms with Crippen molar-refractivity contribution in [1.29, 1.82) is 0 Å². The quantitative estimate of drug-likeness (QED) is 0.196. The third-order valence-corrected chi connectivity index (χ3v) is 9.95. The van der Waals surface area contributed by atoms with Crippen LogP contribution in [0.1, 0.15) is 75.3 Å². The number of amides is 6. The summed E-state index contributed by atoms with van der Waals surface area (Å²) in [5.74, 6) is -1.72. The summed E-state index contributed by atoms with van der Waals surface area (Å²) in [4.78, 5) is 84.7. The molecule has 14 heteroatoms. The van der Waals surface area contributed by atoms with E-state index in [1.807, 2.05) is 0 Å². The van der Waals surface area contributed by atoms with E-state index in [2.05, 4.69) is 0 Å². The Morgan fingerprint density at radius 2 is 0.904 bits per heavy atom. The van der Waals surface area contributed by atoms with Gasteiger partial charge in [0.25, 0.3) is 11.8 Å². The fraction of sp³-hybridized carbons (Fsp3) is 0.474. The van der Waals surface area contributed by atoms with E-state index in [1.54, 1.807) is 60.7 Å². The smallest absolute Gasteiger partial charge is 0.327 e. The molecule has 0 spiro atoms. The van der Waals surface area contributed by atoms with E-state index in [0.717, 1.165) is 36.8 Å². The number of halogens is 2. The maximum absolute atomic E-state index is 13.5. The van der Waals surface area contributed by atoms with E-state index in [0.29, 0.717) is 22.9 Å². The number of urea groups is 2. The zero-order valence-corrected chi connectivity index (χ0v) is 30.6. The van der Waals surface area contributed by atoms with Gasteiger partial charge in [0.15, 0.2) is 0 Å². The second-order valence-corrected chi connectivity index (χ2v) is 14.0. The van der Waals surface area contributed by atoms with Crippen molar-refractivity contribution in [1.82, 2.24) is 19.6 Å². The molecule has 2 aromatic rings. The van der Waals surface area contributed by atoms with Crippen molar-refractivity contribution in [3.63, 3.8) is 0 Å². The molecule has 2 aromatic carbocycles. The van der Waals surface area contributed by atoms with Gasteiger partial charge in [0.05, 0.1) is 0 Å². The van der Waals surface area contributed by atoms with E-state index in [9.17, 15) is 28.8 Å². The summed E-state index contributed by atoms with van der Waals surface area (Å²) >= 11 is 12.1. The summed E-state index contributed by atoms with van der Waals surface area (Å²) in [7, 11) is 0. The first-order chi connectivity index (χ1) is 25.1. The van der Waals surface area contributed by atoms with Crippen molar-refractivity contribution in [3.05, 3.63) is 81.9 Å². The molecule has 2 atom stereocenters. The lowest BCUT2D eigenvalue weighted by Crippen LogP contribution is -2.35.